The Morgan fingerprint density at radius 1 is 1.12 bits per heavy atom. The molecule has 1 aliphatic heterocycles. The molecule has 3 heterocycles. The van der Waals surface area contributed by atoms with Gasteiger partial charge in [-0.3, -0.25) is 0 Å². The molecule has 128 valence electrons. The summed E-state index contributed by atoms with van der Waals surface area (Å²) in [5.74, 6) is 0.649. The molecule has 1 aromatic carbocycles. The predicted molar refractivity (Wildman–Crippen MR) is 99.2 cm³/mol. The molecule has 2 fully saturated rings. The van der Waals surface area contributed by atoms with Crippen LogP contribution in [-0.4, -0.2) is 46.1 Å². The third-order valence-electron chi connectivity index (χ3n) is 5.42. The van der Waals surface area contributed by atoms with Crippen molar-refractivity contribution in [3.05, 3.63) is 35.6 Å². The molecule has 25 heavy (non-hydrogen) atoms. The van der Waals surface area contributed by atoms with Crippen LogP contribution >= 0.6 is 11.3 Å². The second kappa shape index (κ2) is 6.04. The van der Waals surface area contributed by atoms with E-state index in [0.29, 0.717) is 11.9 Å². The first-order valence-electron chi connectivity index (χ1n) is 8.81. The van der Waals surface area contributed by atoms with Crippen molar-refractivity contribution in [2.24, 2.45) is 0 Å². The molecule has 0 radical (unpaired) electrons. The van der Waals surface area contributed by atoms with Gasteiger partial charge in [0.2, 0.25) is 0 Å². The molecule has 1 aliphatic carbocycles. The second-order valence-electron chi connectivity index (χ2n) is 6.90. The summed E-state index contributed by atoms with van der Waals surface area (Å²) < 4.78 is 6.27. The standard InChI is InChI=1S/C19H20N4OS/c1-24-19-20-10-14(11-21-19)12-3-4-16-17(9-12)25-18(22-16)13-7-15(8-13)23-5-2-6-23/h3-4,9-11,13,15H,2,5-8H2,1H3/t13-,15-. The van der Waals surface area contributed by atoms with E-state index < -0.39 is 0 Å². The van der Waals surface area contributed by atoms with Gasteiger partial charge in [0, 0.05) is 29.9 Å². The van der Waals surface area contributed by atoms with Crippen LogP contribution in [0.15, 0.2) is 30.6 Å². The Morgan fingerprint density at radius 3 is 2.60 bits per heavy atom. The number of aromatic nitrogens is 3. The Balaban J connectivity index is 1.37. The molecule has 1 saturated heterocycles. The molecule has 2 aliphatic rings. The van der Waals surface area contributed by atoms with E-state index in [1.807, 2.05) is 11.3 Å². The highest BCUT2D eigenvalue weighted by molar-refractivity contribution is 7.18. The second-order valence-corrected chi connectivity index (χ2v) is 7.97. The van der Waals surface area contributed by atoms with Gasteiger partial charge in [-0.05, 0) is 50.0 Å². The van der Waals surface area contributed by atoms with Crippen molar-refractivity contribution in [1.29, 1.82) is 0 Å². The minimum Gasteiger partial charge on any atom is -0.467 e. The van der Waals surface area contributed by atoms with Crippen molar-refractivity contribution in [2.45, 2.75) is 31.2 Å². The molecular weight excluding hydrogens is 332 g/mol. The van der Waals surface area contributed by atoms with Crippen LogP contribution in [0.2, 0.25) is 0 Å². The Hall–Kier alpha value is -2.05. The maximum absolute atomic E-state index is 5.03. The van der Waals surface area contributed by atoms with E-state index >= 15 is 0 Å². The van der Waals surface area contributed by atoms with Crippen molar-refractivity contribution in [3.8, 4) is 17.1 Å². The molecule has 0 bridgehead atoms. The number of fused-ring (bicyclic) bond motifs is 1. The lowest BCUT2D eigenvalue weighted by molar-refractivity contribution is 0.0541. The van der Waals surface area contributed by atoms with E-state index in [0.717, 1.165) is 22.7 Å². The summed E-state index contributed by atoms with van der Waals surface area (Å²) in [7, 11) is 1.58. The predicted octanol–water partition coefficient (Wildman–Crippen LogP) is 3.71. The van der Waals surface area contributed by atoms with Gasteiger partial charge >= 0.3 is 6.01 Å². The number of hydrogen-bond donors (Lipinski definition) is 0. The number of benzene rings is 1. The van der Waals surface area contributed by atoms with Gasteiger partial charge in [0.15, 0.2) is 0 Å². The van der Waals surface area contributed by atoms with Gasteiger partial charge < -0.3 is 9.64 Å². The summed E-state index contributed by atoms with van der Waals surface area (Å²) in [6.07, 6.45) is 7.54. The Labute approximate surface area is 150 Å². The average Bonchev–Trinajstić information content (AvgIpc) is 2.98. The highest BCUT2D eigenvalue weighted by Gasteiger charge is 2.37. The van der Waals surface area contributed by atoms with E-state index in [1.54, 1.807) is 19.5 Å². The summed E-state index contributed by atoms with van der Waals surface area (Å²) in [6.45, 7) is 2.59. The zero-order valence-electron chi connectivity index (χ0n) is 14.2. The van der Waals surface area contributed by atoms with Crippen LogP contribution in [-0.2, 0) is 0 Å². The molecule has 0 N–H and O–H groups in total. The molecule has 0 unspecified atom stereocenters. The fourth-order valence-corrected chi connectivity index (χ4v) is 4.79. The molecule has 6 heteroatoms. The summed E-state index contributed by atoms with van der Waals surface area (Å²) in [4.78, 5) is 15.9. The van der Waals surface area contributed by atoms with Gasteiger partial charge in [0.05, 0.1) is 22.3 Å². The first-order valence-corrected chi connectivity index (χ1v) is 9.63. The average molecular weight is 352 g/mol. The third kappa shape index (κ3) is 2.69. The van der Waals surface area contributed by atoms with E-state index in [1.165, 1.54) is 42.1 Å². The van der Waals surface area contributed by atoms with Crippen molar-refractivity contribution < 1.29 is 4.74 Å². The van der Waals surface area contributed by atoms with Crippen LogP contribution in [0, 0.1) is 0 Å². The lowest BCUT2D eigenvalue weighted by atomic mass is 9.78. The first kappa shape index (κ1) is 15.2. The minimum atomic E-state index is 0.395. The zero-order chi connectivity index (χ0) is 16.8. The summed E-state index contributed by atoms with van der Waals surface area (Å²) >= 11 is 1.84. The smallest absolute Gasteiger partial charge is 0.316 e. The van der Waals surface area contributed by atoms with Crippen molar-refractivity contribution >= 4 is 21.6 Å². The van der Waals surface area contributed by atoms with Gasteiger partial charge in [0.25, 0.3) is 0 Å². The minimum absolute atomic E-state index is 0.395. The lowest BCUT2D eigenvalue weighted by Crippen LogP contribution is -2.50. The molecular formula is C19H20N4OS. The van der Waals surface area contributed by atoms with Crippen molar-refractivity contribution in [2.75, 3.05) is 20.2 Å². The largest absolute Gasteiger partial charge is 0.467 e. The molecule has 2 aromatic heterocycles. The fourth-order valence-electron chi connectivity index (χ4n) is 3.66. The number of ether oxygens (including phenoxy) is 1. The van der Waals surface area contributed by atoms with Crippen LogP contribution in [0.3, 0.4) is 0 Å². The molecule has 0 amide bonds. The summed E-state index contributed by atoms with van der Waals surface area (Å²) in [5.41, 5.74) is 3.22. The highest BCUT2D eigenvalue weighted by atomic mass is 32.1. The normalized spacial score (nSPS) is 23.2. The van der Waals surface area contributed by atoms with Crippen LogP contribution < -0.4 is 4.74 Å². The van der Waals surface area contributed by atoms with E-state index in [9.17, 15) is 0 Å². The van der Waals surface area contributed by atoms with Crippen molar-refractivity contribution in [3.63, 3.8) is 0 Å². The zero-order valence-corrected chi connectivity index (χ0v) is 15.0. The van der Waals surface area contributed by atoms with Gasteiger partial charge in [-0.25, -0.2) is 15.0 Å². The maximum atomic E-state index is 5.03. The lowest BCUT2D eigenvalue weighted by Gasteiger charge is -2.46. The van der Waals surface area contributed by atoms with Crippen LogP contribution in [0.25, 0.3) is 21.3 Å². The van der Waals surface area contributed by atoms with Gasteiger partial charge in [-0.2, -0.15) is 0 Å². The van der Waals surface area contributed by atoms with Crippen LogP contribution in [0.4, 0.5) is 0 Å². The molecule has 5 rings (SSSR count). The quantitative estimate of drug-likeness (QED) is 0.716. The Bertz CT molecular complexity index is 897. The van der Waals surface area contributed by atoms with Gasteiger partial charge in [0.1, 0.15) is 0 Å². The Kier molecular flexibility index (Phi) is 3.68. The monoisotopic (exact) mass is 352 g/mol. The number of rotatable bonds is 4. The number of likely N-dealkylation sites (tertiary alicyclic amines) is 1. The van der Waals surface area contributed by atoms with Gasteiger partial charge in [-0.1, -0.05) is 6.07 Å². The molecule has 0 atom stereocenters. The summed E-state index contributed by atoms with van der Waals surface area (Å²) in [5, 5.41) is 1.30. The molecule has 0 spiro atoms. The fraction of sp³-hybridized carbons (Fsp3) is 0.421. The number of thiazole rings is 1. The van der Waals surface area contributed by atoms with Crippen LogP contribution in [0.5, 0.6) is 6.01 Å². The van der Waals surface area contributed by atoms with Crippen molar-refractivity contribution in [1.82, 2.24) is 19.9 Å². The molecule has 3 aromatic rings. The highest BCUT2D eigenvalue weighted by Crippen LogP contribution is 2.43. The Morgan fingerprint density at radius 2 is 1.92 bits per heavy atom. The van der Waals surface area contributed by atoms with E-state index in [4.69, 9.17) is 9.72 Å². The third-order valence-corrected chi connectivity index (χ3v) is 6.60. The first-order chi connectivity index (χ1) is 12.3. The van der Waals surface area contributed by atoms with Crippen LogP contribution in [0.1, 0.15) is 30.2 Å². The topological polar surface area (TPSA) is 51.1 Å². The van der Waals surface area contributed by atoms with E-state index in [-0.39, 0.29) is 0 Å². The SMILES string of the molecule is COc1ncc(-c2ccc3nc([C@H]4C[C@H](N5CCC5)C4)sc3c2)cn1. The van der Waals surface area contributed by atoms with Gasteiger partial charge in [-0.15, -0.1) is 11.3 Å². The number of nitrogens with zero attached hydrogens (tertiary/aromatic N) is 4. The number of hydrogen-bond acceptors (Lipinski definition) is 6. The molecule has 1 saturated carbocycles. The van der Waals surface area contributed by atoms with E-state index in [2.05, 4.69) is 33.1 Å². The summed E-state index contributed by atoms with van der Waals surface area (Å²) in [6, 6.07) is 7.61. The molecule has 5 nitrogen and oxygen atoms in total. The number of methoxy groups -OCH3 is 1. The maximum Gasteiger partial charge on any atom is 0.316 e.